The first-order chi connectivity index (χ1) is 23.3. The number of fused-ring (bicyclic) bond motifs is 1. The number of thiazole rings is 1. The van der Waals surface area contributed by atoms with Crippen LogP contribution in [0.4, 0.5) is 0 Å². The summed E-state index contributed by atoms with van der Waals surface area (Å²) in [6, 6.07) is 20.3. The number of hydrogen-bond acceptors (Lipinski definition) is 9. The molecular formula is C38H42N2O7S. The first-order valence-corrected chi connectivity index (χ1v) is 17.1. The summed E-state index contributed by atoms with van der Waals surface area (Å²) in [5.41, 5.74) is 3.37. The van der Waals surface area contributed by atoms with E-state index in [4.69, 9.17) is 23.7 Å². The van der Waals surface area contributed by atoms with Crippen LogP contribution in [0, 0.1) is 0 Å². The molecule has 252 valence electrons. The summed E-state index contributed by atoms with van der Waals surface area (Å²) < 4.78 is 30.6. The second-order valence-electron chi connectivity index (χ2n) is 11.3. The summed E-state index contributed by atoms with van der Waals surface area (Å²) >= 11 is 1.26. The van der Waals surface area contributed by atoms with Crippen molar-refractivity contribution < 1.29 is 28.5 Å². The normalized spacial score (nSPS) is 15.0. The number of esters is 1. The van der Waals surface area contributed by atoms with Crippen LogP contribution in [0.15, 0.2) is 87.8 Å². The van der Waals surface area contributed by atoms with Crippen LogP contribution >= 0.6 is 11.3 Å². The Bertz CT molecular complexity index is 1940. The lowest BCUT2D eigenvalue weighted by atomic mass is 9.96. The second-order valence-corrected chi connectivity index (χ2v) is 12.3. The Labute approximate surface area is 284 Å². The van der Waals surface area contributed by atoms with E-state index in [2.05, 4.69) is 31.0 Å². The van der Waals surface area contributed by atoms with Gasteiger partial charge in [0.05, 0.1) is 42.2 Å². The molecule has 3 aromatic carbocycles. The van der Waals surface area contributed by atoms with Crippen molar-refractivity contribution >= 4 is 23.4 Å². The molecule has 0 N–H and O–H groups in total. The molecule has 0 saturated carbocycles. The first-order valence-electron chi connectivity index (χ1n) is 16.2. The quantitative estimate of drug-likeness (QED) is 0.117. The van der Waals surface area contributed by atoms with Crippen molar-refractivity contribution in [3.8, 4) is 23.0 Å². The van der Waals surface area contributed by atoms with Gasteiger partial charge < -0.3 is 23.7 Å². The van der Waals surface area contributed by atoms with Crippen LogP contribution in [0.1, 0.15) is 69.7 Å². The standard InChI is InChI=1S/C38H42N2O7S/c1-7-24(4)27-11-17-30(18-12-27)46-20-21-47-31-19-10-26(22-32(31)44-8-2)23-33-36(41)40-35(28-13-15-29(43-6)16-14-28)34(37(42)45-9-3)25(5)39-38(40)48-33/h10-19,22-24,35H,7-9,20-21H2,1-6H3. The molecule has 5 rings (SSSR count). The molecule has 10 heteroatoms. The summed E-state index contributed by atoms with van der Waals surface area (Å²) in [4.78, 5) is 32.3. The molecule has 0 saturated heterocycles. The minimum absolute atomic E-state index is 0.205. The fourth-order valence-electron chi connectivity index (χ4n) is 5.49. The van der Waals surface area contributed by atoms with Gasteiger partial charge in [0.25, 0.3) is 5.56 Å². The predicted octanol–water partition coefficient (Wildman–Crippen LogP) is 6.18. The number of ether oxygens (including phenoxy) is 5. The molecule has 0 radical (unpaired) electrons. The van der Waals surface area contributed by atoms with Gasteiger partial charge in [-0.2, -0.15) is 0 Å². The van der Waals surface area contributed by atoms with Gasteiger partial charge in [0.15, 0.2) is 16.3 Å². The Morgan fingerprint density at radius 2 is 1.62 bits per heavy atom. The fraction of sp³-hybridized carbons (Fsp3) is 0.342. The fourth-order valence-corrected chi connectivity index (χ4v) is 6.53. The van der Waals surface area contributed by atoms with E-state index >= 15 is 0 Å². The lowest BCUT2D eigenvalue weighted by molar-refractivity contribution is -0.139. The Morgan fingerprint density at radius 3 is 2.29 bits per heavy atom. The highest BCUT2D eigenvalue weighted by atomic mass is 32.1. The zero-order valence-electron chi connectivity index (χ0n) is 28.3. The molecule has 1 aliphatic rings. The highest BCUT2D eigenvalue weighted by Crippen LogP contribution is 2.32. The van der Waals surface area contributed by atoms with Gasteiger partial charge in [-0.3, -0.25) is 9.36 Å². The van der Waals surface area contributed by atoms with E-state index in [1.54, 1.807) is 43.7 Å². The Hall–Kier alpha value is -4.83. The van der Waals surface area contributed by atoms with E-state index in [9.17, 15) is 9.59 Å². The smallest absolute Gasteiger partial charge is 0.338 e. The first kappa shape index (κ1) is 34.5. The average Bonchev–Trinajstić information content (AvgIpc) is 3.40. The Balaban J connectivity index is 1.40. The topological polar surface area (TPSA) is 97.6 Å². The molecule has 0 aliphatic carbocycles. The van der Waals surface area contributed by atoms with Crippen molar-refractivity contribution in [1.29, 1.82) is 0 Å². The number of carbonyl (C=O) groups excluding carboxylic acids is 1. The maximum Gasteiger partial charge on any atom is 0.338 e. The summed E-state index contributed by atoms with van der Waals surface area (Å²) in [6.45, 7) is 11.2. The van der Waals surface area contributed by atoms with E-state index in [0.717, 1.165) is 23.3 Å². The van der Waals surface area contributed by atoms with Gasteiger partial charge in [0.1, 0.15) is 24.7 Å². The number of benzene rings is 3. The molecule has 0 fully saturated rings. The SMILES string of the molecule is CCOC(=O)C1=C(C)N=c2sc(=Cc3ccc(OCCOc4ccc(C(C)CC)cc4)c(OCC)c3)c(=O)n2C1c1ccc(OC)cc1. The van der Waals surface area contributed by atoms with Crippen LogP contribution in [0.25, 0.3) is 6.08 Å². The third-order valence-corrected chi connectivity index (χ3v) is 9.17. The van der Waals surface area contributed by atoms with Gasteiger partial charge in [0.2, 0.25) is 0 Å². The maximum atomic E-state index is 14.0. The lowest BCUT2D eigenvalue weighted by Gasteiger charge is -2.24. The molecule has 1 aliphatic heterocycles. The number of hydrogen-bond donors (Lipinski definition) is 0. The Morgan fingerprint density at radius 1 is 0.917 bits per heavy atom. The molecule has 2 unspecified atom stereocenters. The molecule has 9 nitrogen and oxygen atoms in total. The zero-order valence-corrected chi connectivity index (χ0v) is 29.1. The lowest BCUT2D eigenvalue weighted by Crippen LogP contribution is -2.39. The third kappa shape index (κ3) is 7.65. The van der Waals surface area contributed by atoms with Gasteiger partial charge in [0, 0.05) is 0 Å². The predicted molar refractivity (Wildman–Crippen MR) is 187 cm³/mol. The summed E-state index contributed by atoms with van der Waals surface area (Å²) in [6.07, 6.45) is 2.89. The maximum absolute atomic E-state index is 14.0. The zero-order chi connectivity index (χ0) is 34.2. The van der Waals surface area contributed by atoms with Crippen molar-refractivity contribution in [2.45, 2.75) is 53.0 Å². The Kier molecular flexibility index (Phi) is 11.4. The van der Waals surface area contributed by atoms with Crippen LogP contribution < -0.4 is 33.8 Å². The van der Waals surface area contributed by atoms with E-state index < -0.39 is 12.0 Å². The van der Waals surface area contributed by atoms with E-state index in [-0.39, 0.29) is 12.2 Å². The van der Waals surface area contributed by atoms with Crippen LogP contribution in [-0.2, 0) is 9.53 Å². The van der Waals surface area contributed by atoms with Crippen LogP contribution in [0.2, 0.25) is 0 Å². The molecule has 2 heterocycles. The molecule has 0 bridgehead atoms. The molecule has 0 spiro atoms. The average molecular weight is 671 g/mol. The minimum atomic E-state index is -0.705. The summed E-state index contributed by atoms with van der Waals surface area (Å²) in [5, 5.41) is 0. The van der Waals surface area contributed by atoms with Crippen LogP contribution in [0.3, 0.4) is 0 Å². The van der Waals surface area contributed by atoms with Gasteiger partial charge in [-0.05, 0) is 92.3 Å². The van der Waals surface area contributed by atoms with E-state index in [0.29, 0.717) is 63.6 Å². The second kappa shape index (κ2) is 15.8. The van der Waals surface area contributed by atoms with E-state index in [1.807, 2.05) is 49.4 Å². The van der Waals surface area contributed by atoms with Gasteiger partial charge >= 0.3 is 5.97 Å². The van der Waals surface area contributed by atoms with Crippen LogP contribution in [-0.4, -0.2) is 44.1 Å². The largest absolute Gasteiger partial charge is 0.497 e. The molecule has 48 heavy (non-hydrogen) atoms. The monoisotopic (exact) mass is 670 g/mol. The van der Waals surface area contributed by atoms with Gasteiger partial charge in [-0.1, -0.05) is 55.5 Å². The molecule has 1 aromatic heterocycles. The molecule has 4 aromatic rings. The number of aromatic nitrogens is 1. The number of methoxy groups -OCH3 is 1. The van der Waals surface area contributed by atoms with Crippen molar-refractivity contribution in [2.24, 2.45) is 4.99 Å². The van der Waals surface area contributed by atoms with Crippen molar-refractivity contribution in [1.82, 2.24) is 4.57 Å². The minimum Gasteiger partial charge on any atom is -0.497 e. The molecule has 2 atom stereocenters. The summed E-state index contributed by atoms with van der Waals surface area (Å²) in [7, 11) is 1.59. The third-order valence-electron chi connectivity index (χ3n) is 8.19. The number of nitrogens with zero attached hydrogens (tertiary/aromatic N) is 2. The van der Waals surface area contributed by atoms with Crippen molar-refractivity contribution in [3.63, 3.8) is 0 Å². The number of carbonyl (C=O) groups is 1. The molecule has 0 amide bonds. The van der Waals surface area contributed by atoms with Gasteiger partial charge in [-0.15, -0.1) is 0 Å². The molecular weight excluding hydrogens is 628 g/mol. The number of allylic oxidation sites excluding steroid dienone is 1. The van der Waals surface area contributed by atoms with E-state index in [1.165, 1.54) is 16.9 Å². The summed E-state index contributed by atoms with van der Waals surface area (Å²) in [5.74, 6) is 2.62. The van der Waals surface area contributed by atoms with Crippen LogP contribution in [0.5, 0.6) is 23.0 Å². The van der Waals surface area contributed by atoms with Crippen molar-refractivity contribution in [2.75, 3.05) is 33.5 Å². The number of rotatable bonds is 14. The highest BCUT2D eigenvalue weighted by molar-refractivity contribution is 7.07. The van der Waals surface area contributed by atoms with Gasteiger partial charge in [-0.25, -0.2) is 9.79 Å². The highest BCUT2D eigenvalue weighted by Gasteiger charge is 2.33. The van der Waals surface area contributed by atoms with Crippen molar-refractivity contribution in [3.05, 3.63) is 114 Å².